The molecule has 1 atom stereocenters. The molecule has 1 aromatic heterocycles. The Morgan fingerprint density at radius 3 is 2.63 bits per heavy atom. The monoisotopic (exact) mass is 374 g/mol. The van der Waals surface area contributed by atoms with Crippen LogP contribution in [0.25, 0.3) is 10.9 Å². The average Bonchev–Trinajstić information content (AvgIpc) is 3.02. The van der Waals surface area contributed by atoms with Crippen LogP contribution in [0.4, 0.5) is 0 Å². The van der Waals surface area contributed by atoms with Crippen molar-refractivity contribution in [3.63, 3.8) is 0 Å². The second-order valence-electron chi connectivity index (χ2n) is 7.66. The van der Waals surface area contributed by atoms with Gasteiger partial charge in [0.2, 0.25) is 0 Å². The van der Waals surface area contributed by atoms with E-state index in [9.17, 15) is 4.79 Å². The van der Waals surface area contributed by atoms with E-state index in [1.165, 1.54) is 26.2 Å². The number of hydrogen-bond donors (Lipinski definition) is 0. The number of carbonyl (C=O) groups excluding carboxylic acids is 1. The van der Waals surface area contributed by atoms with Gasteiger partial charge in [0.05, 0.1) is 11.7 Å². The molecule has 0 fully saturated rings. The third-order valence-electron chi connectivity index (χ3n) is 4.81. The fourth-order valence-electron chi connectivity index (χ4n) is 3.38. The fraction of sp³-hybridized carbons (Fsp3) is 0.636. The largest absolute Gasteiger partial charge is 0.458 e. The summed E-state index contributed by atoms with van der Waals surface area (Å²) >= 11 is 0. The van der Waals surface area contributed by atoms with Crippen LogP contribution in [0.1, 0.15) is 71.0 Å². The van der Waals surface area contributed by atoms with Crippen LogP contribution in [0.15, 0.2) is 24.4 Å². The first kappa shape index (κ1) is 21.4. The zero-order valence-corrected chi connectivity index (χ0v) is 17.2. The molecule has 27 heavy (non-hydrogen) atoms. The number of benzene rings is 1. The van der Waals surface area contributed by atoms with Gasteiger partial charge < -0.3 is 9.47 Å². The summed E-state index contributed by atoms with van der Waals surface area (Å²) in [5.74, 6) is 0.519. The van der Waals surface area contributed by atoms with Crippen LogP contribution in [0.3, 0.4) is 0 Å². The lowest BCUT2D eigenvalue weighted by Crippen LogP contribution is -2.09. The van der Waals surface area contributed by atoms with E-state index >= 15 is 0 Å². The van der Waals surface area contributed by atoms with Crippen molar-refractivity contribution in [2.75, 3.05) is 13.7 Å². The summed E-state index contributed by atoms with van der Waals surface area (Å²) in [6.07, 6.45) is 8.21. The van der Waals surface area contributed by atoms with Crippen molar-refractivity contribution in [3.05, 3.63) is 30.0 Å². The summed E-state index contributed by atoms with van der Waals surface area (Å²) < 4.78 is 12.8. The zero-order chi connectivity index (χ0) is 19.6. The van der Waals surface area contributed by atoms with Crippen LogP contribution in [0.5, 0.6) is 0 Å². The number of fused-ring (bicyclic) bond motifs is 1. The predicted molar refractivity (Wildman–Crippen MR) is 109 cm³/mol. The molecule has 2 rings (SSSR count). The fourth-order valence-corrected chi connectivity index (χ4v) is 3.38. The lowest BCUT2D eigenvalue weighted by Gasteiger charge is -2.18. The normalized spacial score (nSPS) is 12.6. The first-order valence-electron chi connectivity index (χ1n) is 10.1. The van der Waals surface area contributed by atoms with E-state index in [0.717, 1.165) is 48.2 Å². The molecule has 0 aliphatic carbocycles. The maximum atomic E-state index is 11.6. The van der Waals surface area contributed by atoms with Crippen molar-refractivity contribution in [1.29, 1.82) is 0 Å². The summed E-state index contributed by atoms with van der Waals surface area (Å²) in [7, 11) is 1.71. The van der Waals surface area contributed by atoms with Gasteiger partial charge in [0.1, 0.15) is 6.10 Å². The number of esters is 1. The molecule has 0 saturated heterocycles. The molecule has 0 aliphatic heterocycles. The Balaban J connectivity index is 2.07. The molecule has 0 N–H and O–H groups in total. The van der Waals surface area contributed by atoms with Crippen molar-refractivity contribution >= 4 is 16.9 Å². The van der Waals surface area contributed by atoms with Crippen LogP contribution >= 0.6 is 0 Å². The van der Waals surface area contributed by atoms with E-state index < -0.39 is 0 Å². The van der Waals surface area contributed by atoms with Crippen molar-refractivity contribution in [1.82, 2.24) is 9.78 Å². The molecule has 1 unspecified atom stereocenters. The number of nitrogens with zero attached hydrogens (tertiary/aromatic N) is 2. The predicted octanol–water partition coefficient (Wildman–Crippen LogP) is 5.28. The Bertz CT molecular complexity index is 709. The Kier molecular flexibility index (Phi) is 8.79. The van der Waals surface area contributed by atoms with Crippen molar-refractivity contribution < 1.29 is 14.3 Å². The smallest absolute Gasteiger partial charge is 0.303 e. The van der Waals surface area contributed by atoms with E-state index in [0.29, 0.717) is 6.61 Å². The molecule has 0 bridgehead atoms. The molecule has 5 nitrogen and oxygen atoms in total. The van der Waals surface area contributed by atoms with Crippen molar-refractivity contribution in [3.8, 4) is 0 Å². The molecule has 2 aromatic rings. The van der Waals surface area contributed by atoms with Gasteiger partial charge in [-0.15, -0.1) is 0 Å². The second-order valence-corrected chi connectivity index (χ2v) is 7.66. The van der Waals surface area contributed by atoms with Crippen LogP contribution < -0.4 is 0 Å². The maximum Gasteiger partial charge on any atom is 0.303 e. The van der Waals surface area contributed by atoms with Gasteiger partial charge in [0.25, 0.3) is 0 Å². The third kappa shape index (κ3) is 6.98. The van der Waals surface area contributed by atoms with E-state index in [4.69, 9.17) is 9.47 Å². The highest BCUT2D eigenvalue weighted by Gasteiger charge is 2.16. The first-order chi connectivity index (χ1) is 13.0. The lowest BCUT2D eigenvalue weighted by molar-refractivity contribution is -0.147. The zero-order valence-electron chi connectivity index (χ0n) is 17.2. The van der Waals surface area contributed by atoms with Gasteiger partial charge in [0.15, 0.2) is 0 Å². The molecular formula is C22H34N2O3. The minimum Gasteiger partial charge on any atom is -0.458 e. The number of aromatic nitrogens is 2. The molecule has 0 amide bonds. The average molecular weight is 375 g/mol. The van der Waals surface area contributed by atoms with Crippen molar-refractivity contribution in [2.45, 2.75) is 71.9 Å². The number of hydrogen-bond acceptors (Lipinski definition) is 4. The van der Waals surface area contributed by atoms with Crippen LogP contribution in [0.2, 0.25) is 0 Å². The summed E-state index contributed by atoms with van der Waals surface area (Å²) in [6, 6.07) is 6.25. The minimum atomic E-state index is -0.226. The van der Waals surface area contributed by atoms with Gasteiger partial charge >= 0.3 is 5.97 Å². The molecule has 1 heterocycles. The molecule has 1 aromatic carbocycles. The molecule has 0 aliphatic rings. The SMILES string of the molecule is COCCCn1ncc2ccc(C(CCCCCC(C)C)OC(C)=O)cc21. The van der Waals surface area contributed by atoms with Crippen LogP contribution in [0, 0.1) is 5.92 Å². The Morgan fingerprint density at radius 2 is 1.93 bits per heavy atom. The van der Waals surface area contributed by atoms with Gasteiger partial charge in [-0.1, -0.05) is 45.2 Å². The highest BCUT2D eigenvalue weighted by atomic mass is 16.5. The first-order valence-corrected chi connectivity index (χ1v) is 10.1. The number of carbonyl (C=O) groups is 1. The Morgan fingerprint density at radius 1 is 1.15 bits per heavy atom. The Hall–Kier alpha value is -1.88. The number of rotatable bonds is 12. The van der Waals surface area contributed by atoms with E-state index in [1.807, 2.05) is 10.9 Å². The van der Waals surface area contributed by atoms with E-state index in [1.54, 1.807) is 7.11 Å². The van der Waals surface area contributed by atoms with Crippen molar-refractivity contribution in [2.24, 2.45) is 5.92 Å². The number of ether oxygens (including phenoxy) is 2. The summed E-state index contributed by atoms with van der Waals surface area (Å²) in [6.45, 7) is 7.53. The molecule has 150 valence electrons. The lowest BCUT2D eigenvalue weighted by atomic mass is 9.99. The molecule has 0 saturated carbocycles. The van der Waals surface area contributed by atoms with Gasteiger partial charge in [-0.05, 0) is 36.8 Å². The standard InChI is InChI=1S/C22H34N2O3/c1-17(2)9-6-5-7-10-22(27-18(3)25)19-11-12-20-16-23-24(21(20)15-19)13-8-14-26-4/h11-12,15-17,22H,5-10,13-14H2,1-4H3. The molecule has 5 heteroatoms. The van der Waals surface area contributed by atoms with E-state index in [-0.39, 0.29) is 12.1 Å². The summed E-state index contributed by atoms with van der Waals surface area (Å²) in [5.41, 5.74) is 2.13. The van der Waals surface area contributed by atoms with Crippen LogP contribution in [-0.2, 0) is 20.8 Å². The highest BCUT2D eigenvalue weighted by Crippen LogP contribution is 2.28. The van der Waals surface area contributed by atoms with Gasteiger partial charge in [0, 0.05) is 32.6 Å². The summed E-state index contributed by atoms with van der Waals surface area (Å²) in [4.78, 5) is 11.6. The maximum absolute atomic E-state index is 11.6. The number of aryl methyl sites for hydroxylation is 1. The third-order valence-corrected chi connectivity index (χ3v) is 4.81. The second kappa shape index (κ2) is 11.1. The minimum absolute atomic E-state index is 0.187. The molecule has 0 spiro atoms. The quantitative estimate of drug-likeness (QED) is 0.374. The molecule has 0 radical (unpaired) electrons. The van der Waals surface area contributed by atoms with Gasteiger partial charge in [-0.2, -0.15) is 5.10 Å². The number of unbranched alkanes of at least 4 members (excludes halogenated alkanes) is 2. The van der Waals surface area contributed by atoms with Crippen LogP contribution in [-0.4, -0.2) is 29.5 Å². The Labute approximate surface area is 163 Å². The number of methoxy groups -OCH3 is 1. The van der Waals surface area contributed by atoms with Gasteiger partial charge in [-0.25, -0.2) is 0 Å². The summed E-state index contributed by atoms with van der Waals surface area (Å²) in [5, 5.41) is 5.59. The van der Waals surface area contributed by atoms with Gasteiger partial charge in [-0.3, -0.25) is 9.48 Å². The highest BCUT2D eigenvalue weighted by molar-refractivity contribution is 5.79. The topological polar surface area (TPSA) is 53.4 Å². The van der Waals surface area contributed by atoms with E-state index in [2.05, 4.69) is 37.1 Å². The molecular weight excluding hydrogens is 340 g/mol.